The van der Waals surface area contributed by atoms with Gasteiger partial charge in [-0.15, -0.1) is 0 Å². The lowest BCUT2D eigenvalue weighted by atomic mass is 10.5. The molecule has 0 unspecified atom stereocenters. The molecule has 0 amide bonds. The van der Waals surface area contributed by atoms with Crippen LogP contribution >= 0.6 is 0 Å². The van der Waals surface area contributed by atoms with Gasteiger partial charge < -0.3 is 16.6 Å². The number of nitrogens with two attached hydrogens (primary N) is 2. The lowest BCUT2D eigenvalue weighted by Crippen LogP contribution is -2.02. The van der Waals surface area contributed by atoms with E-state index in [1.165, 1.54) is 4.68 Å². The summed E-state index contributed by atoms with van der Waals surface area (Å²) in [6.07, 6.45) is 1.59. The zero-order valence-electron chi connectivity index (χ0n) is 5.49. The second-order valence-corrected chi connectivity index (χ2v) is 1.96. The van der Waals surface area contributed by atoms with Crippen LogP contribution < -0.4 is 11.5 Å². The number of anilines is 2. The van der Waals surface area contributed by atoms with Crippen LogP contribution in [0.3, 0.4) is 0 Å². The van der Waals surface area contributed by atoms with Crippen molar-refractivity contribution < 1.29 is 5.11 Å². The third-order valence-corrected chi connectivity index (χ3v) is 1.15. The van der Waals surface area contributed by atoms with E-state index < -0.39 is 0 Å². The summed E-state index contributed by atoms with van der Waals surface area (Å²) in [4.78, 5) is 0. The van der Waals surface area contributed by atoms with Crippen LogP contribution in [0.2, 0.25) is 0 Å². The van der Waals surface area contributed by atoms with Crippen molar-refractivity contribution in [2.24, 2.45) is 0 Å². The summed E-state index contributed by atoms with van der Waals surface area (Å²) in [5, 5.41) is 12.3. The molecule has 0 spiro atoms. The van der Waals surface area contributed by atoms with Gasteiger partial charge in [0.25, 0.3) is 0 Å². The first-order valence-electron chi connectivity index (χ1n) is 2.93. The molecule has 0 atom stereocenters. The van der Waals surface area contributed by atoms with E-state index in [0.29, 0.717) is 18.1 Å². The van der Waals surface area contributed by atoms with E-state index in [2.05, 4.69) is 5.10 Å². The molecule has 0 aliphatic carbocycles. The van der Waals surface area contributed by atoms with Crippen molar-refractivity contribution in [3.63, 3.8) is 0 Å². The van der Waals surface area contributed by atoms with Crippen molar-refractivity contribution >= 4 is 11.5 Å². The van der Waals surface area contributed by atoms with Gasteiger partial charge in [-0.2, -0.15) is 5.10 Å². The number of hydrogen-bond acceptors (Lipinski definition) is 4. The van der Waals surface area contributed by atoms with Gasteiger partial charge in [-0.05, 0) is 0 Å². The number of nitrogens with zero attached hydrogens (tertiary/aromatic N) is 2. The highest BCUT2D eigenvalue weighted by molar-refractivity contribution is 5.56. The third-order valence-electron chi connectivity index (χ3n) is 1.15. The molecule has 0 radical (unpaired) electrons. The average molecular weight is 142 g/mol. The van der Waals surface area contributed by atoms with Crippen LogP contribution in [0.4, 0.5) is 11.5 Å². The monoisotopic (exact) mass is 142 g/mol. The molecule has 1 aromatic rings. The van der Waals surface area contributed by atoms with E-state index in [-0.39, 0.29) is 6.61 Å². The van der Waals surface area contributed by atoms with Gasteiger partial charge in [0.05, 0.1) is 25.0 Å². The van der Waals surface area contributed by atoms with E-state index in [0.717, 1.165) is 0 Å². The zero-order valence-corrected chi connectivity index (χ0v) is 5.49. The normalized spacial score (nSPS) is 10.1. The predicted octanol–water partition coefficient (Wildman–Crippen LogP) is -0.960. The minimum absolute atomic E-state index is 0.0422. The molecule has 5 heteroatoms. The molecule has 56 valence electrons. The molecule has 0 aromatic carbocycles. The molecule has 10 heavy (non-hydrogen) atoms. The lowest BCUT2D eigenvalue weighted by molar-refractivity contribution is 0.269. The Morgan fingerprint density at radius 2 is 2.30 bits per heavy atom. The van der Waals surface area contributed by atoms with Gasteiger partial charge in [-0.1, -0.05) is 0 Å². The smallest absolute Gasteiger partial charge is 0.168 e. The second kappa shape index (κ2) is 2.57. The summed E-state index contributed by atoms with van der Waals surface area (Å²) in [6.45, 7) is 0.474. The molecule has 0 aliphatic heterocycles. The Balaban J connectivity index is 2.77. The number of aliphatic hydroxyl groups excluding tert-OH is 1. The maximum absolute atomic E-state index is 8.48. The van der Waals surface area contributed by atoms with Gasteiger partial charge in [0.2, 0.25) is 0 Å². The van der Waals surface area contributed by atoms with Crippen LogP contribution in [0.15, 0.2) is 6.20 Å². The Morgan fingerprint density at radius 1 is 1.60 bits per heavy atom. The summed E-state index contributed by atoms with van der Waals surface area (Å²) in [7, 11) is 0. The first-order chi connectivity index (χ1) is 4.74. The zero-order chi connectivity index (χ0) is 7.56. The van der Waals surface area contributed by atoms with Gasteiger partial charge >= 0.3 is 0 Å². The molecule has 5 nitrogen and oxygen atoms in total. The fraction of sp³-hybridized carbons (Fsp3) is 0.400. The van der Waals surface area contributed by atoms with Crippen molar-refractivity contribution in [1.82, 2.24) is 9.78 Å². The Bertz CT molecular complexity index is 200. The van der Waals surface area contributed by atoms with Crippen LogP contribution in [0, 0.1) is 0 Å². The Labute approximate surface area is 58.2 Å². The van der Waals surface area contributed by atoms with Crippen LogP contribution in [-0.2, 0) is 6.54 Å². The SMILES string of the molecule is Nc1cn(CCO)nc1N. The number of hydrogen-bond donors (Lipinski definition) is 3. The number of aliphatic hydroxyl groups is 1. The molecule has 0 saturated carbocycles. The second-order valence-electron chi connectivity index (χ2n) is 1.96. The van der Waals surface area contributed by atoms with E-state index in [1.54, 1.807) is 6.20 Å². The van der Waals surface area contributed by atoms with Crippen molar-refractivity contribution in [1.29, 1.82) is 0 Å². The molecule has 0 fully saturated rings. The maximum atomic E-state index is 8.48. The molecule has 5 N–H and O–H groups in total. The largest absolute Gasteiger partial charge is 0.394 e. The summed E-state index contributed by atoms with van der Waals surface area (Å²) >= 11 is 0. The van der Waals surface area contributed by atoms with Gasteiger partial charge in [0, 0.05) is 0 Å². The van der Waals surface area contributed by atoms with Crippen LogP contribution in [0.1, 0.15) is 0 Å². The topological polar surface area (TPSA) is 90.1 Å². The summed E-state index contributed by atoms with van der Waals surface area (Å²) in [5.41, 5.74) is 11.2. The number of rotatable bonds is 2. The molecule has 1 aromatic heterocycles. The van der Waals surface area contributed by atoms with E-state index in [1.807, 2.05) is 0 Å². The fourth-order valence-corrected chi connectivity index (χ4v) is 0.669. The first-order valence-corrected chi connectivity index (χ1v) is 2.93. The highest BCUT2D eigenvalue weighted by Gasteiger charge is 1.98. The summed E-state index contributed by atoms with van der Waals surface area (Å²) < 4.78 is 1.50. The standard InChI is InChI=1S/C5H10N4O/c6-4-3-9(1-2-10)8-5(4)7/h3,10H,1-2,6H2,(H2,7,8). The molecule has 1 heterocycles. The molecular formula is C5H10N4O. The predicted molar refractivity (Wildman–Crippen MR) is 38.1 cm³/mol. The number of aromatic nitrogens is 2. The minimum Gasteiger partial charge on any atom is -0.394 e. The van der Waals surface area contributed by atoms with Crippen molar-refractivity contribution in [3.05, 3.63) is 6.20 Å². The van der Waals surface area contributed by atoms with E-state index in [9.17, 15) is 0 Å². The average Bonchev–Trinajstić information content (AvgIpc) is 2.14. The first kappa shape index (κ1) is 6.88. The highest BCUT2D eigenvalue weighted by Crippen LogP contribution is 2.09. The summed E-state index contributed by atoms with van der Waals surface area (Å²) in [6, 6.07) is 0. The maximum Gasteiger partial charge on any atom is 0.168 e. The quantitative estimate of drug-likeness (QED) is 0.496. The van der Waals surface area contributed by atoms with E-state index in [4.69, 9.17) is 16.6 Å². The molecule has 1 rings (SSSR count). The molecule has 0 bridgehead atoms. The minimum atomic E-state index is 0.0422. The van der Waals surface area contributed by atoms with Crippen LogP contribution in [0.5, 0.6) is 0 Å². The Kier molecular flexibility index (Phi) is 1.77. The highest BCUT2D eigenvalue weighted by atomic mass is 16.3. The van der Waals surface area contributed by atoms with Crippen molar-refractivity contribution in [2.45, 2.75) is 6.54 Å². The van der Waals surface area contributed by atoms with Gasteiger partial charge in [-0.3, -0.25) is 4.68 Å². The van der Waals surface area contributed by atoms with Crippen molar-refractivity contribution in [2.75, 3.05) is 18.1 Å². The van der Waals surface area contributed by atoms with Crippen LogP contribution in [-0.4, -0.2) is 21.5 Å². The van der Waals surface area contributed by atoms with Gasteiger partial charge in [-0.25, -0.2) is 0 Å². The van der Waals surface area contributed by atoms with Gasteiger partial charge in [0.1, 0.15) is 0 Å². The fourth-order valence-electron chi connectivity index (χ4n) is 0.669. The van der Waals surface area contributed by atoms with Crippen LogP contribution in [0.25, 0.3) is 0 Å². The Hall–Kier alpha value is -1.23. The molecular weight excluding hydrogens is 132 g/mol. The van der Waals surface area contributed by atoms with Crippen molar-refractivity contribution in [3.8, 4) is 0 Å². The third kappa shape index (κ3) is 1.19. The van der Waals surface area contributed by atoms with E-state index >= 15 is 0 Å². The Morgan fingerprint density at radius 3 is 2.70 bits per heavy atom. The summed E-state index contributed by atoms with van der Waals surface area (Å²) in [5.74, 6) is 0.313. The molecule has 0 saturated heterocycles. The number of nitrogen functional groups attached to an aromatic ring is 2. The molecule has 0 aliphatic rings. The lowest BCUT2D eigenvalue weighted by Gasteiger charge is -1.92. The van der Waals surface area contributed by atoms with Gasteiger partial charge in [0.15, 0.2) is 5.82 Å².